The van der Waals surface area contributed by atoms with Crippen molar-refractivity contribution in [3.8, 4) is 0 Å². The molecule has 0 saturated heterocycles. The van der Waals surface area contributed by atoms with E-state index in [9.17, 15) is 22.8 Å². The number of aromatic amines is 1. The predicted molar refractivity (Wildman–Crippen MR) is 78.4 cm³/mol. The summed E-state index contributed by atoms with van der Waals surface area (Å²) in [4.78, 5) is 27.6. The van der Waals surface area contributed by atoms with Crippen LogP contribution in [-0.2, 0) is 11.2 Å². The fourth-order valence-corrected chi connectivity index (χ4v) is 2.27. The van der Waals surface area contributed by atoms with E-state index in [1.54, 1.807) is 6.92 Å². The molecule has 0 fully saturated rings. The zero-order valence-electron chi connectivity index (χ0n) is 13.2. The molecule has 0 radical (unpaired) electrons. The van der Waals surface area contributed by atoms with Crippen LogP contribution >= 0.6 is 0 Å². The number of nitrogens with one attached hydrogen (secondary N) is 1. The number of aromatic nitrogens is 1. The monoisotopic (exact) mass is 332 g/mol. The lowest BCUT2D eigenvalue weighted by Gasteiger charge is -2.22. The van der Waals surface area contributed by atoms with Crippen LogP contribution in [0.15, 0.2) is 12.7 Å². The fraction of sp³-hybridized carbons (Fsp3) is 0.467. The first-order valence-electron chi connectivity index (χ1n) is 6.92. The lowest BCUT2D eigenvalue weighted by atomic mass is 10.1. The van der Waals surface area contributed by atoms with Gasteiger partial charge in [-0.15, -0.1) is 6.58 Å². The number of rotatable bonds is 6. The summed E-state index contributed by atoms with van der Waals surface area (Å²) in [6, 6.07) is 0. The second-order valence-corrected chi connectivity index (χ2v) is 4.91. The van der Waals surface area contributed by atoms with Crippen molar-refractivity contribution in [2.24, 2.45) is 0 Å². The number of hydrogen-bond donors (Lipinski definition) is 1. The first kappa shape index (κ1) is 18.8. The minimum atomic E-state index is -4.53. The summed E-state index contributed by atoms with van der Waals surface area (Å²) in [5.41, 5.74) is 0.857. The number of alkyl halides is 3. The summed E-state index contributed by atoms with van der Waals surface area (Å²) in [5, 5.41) is 0. The molecule has 0 bridgehead atoms. The number of hydrogen-bond acceptors (Lipinski definition) is 3. The smallest absolute Gasteiger partial charge is 0.406 e. The van der Waals surface area contributed by atoms with Crippen LogP contribution in [0.25, 0.3) is 0 Å². The molecule has 0 atom stereocenters. The zero-order valence-corrected chi connectivity index (χ0v) is 13.2. The Hall–Kier alpha value is -2.25. The Morgan fingerprint density at radius 1 is 1.39 bits per heavy atom. The molecule has 0 aliphatic rings. The molecule has 0 aromatic carbocycles. The number of H-pyrrole nitrogens is 1. The molecule has 0 unspecified atom stereocenters. The number of aryl methyl sites for hydroxylation is 1. The molecule has 23 heavy (non-hydrogen) atoms. The Labute approximate surface area is 132 Å². The van der Waals surface area contributed by atoms with Crippen molar-refractivity contribution in [2.75, 3.05) is 20.2 Å². The molecule has 8 heteroatoms. The molecule has 1 aromatic heterocycles. The molecular formula is C15H19F3N2O3. The third-order valence-electron chi connectivity index (χ3n) is 3.29. The van der Waals surface area contributed by atoms with Gasteiger partial charge in [0.25, 0.3) is 5.91 Å². The number of carbonyl (C=O) groups is 2. The molecule has 0 aliphatic heterocycles. The summed E-state index contributed by atoms with van der Waals surface area (Å²) in [5.74, 6) is -1.48. The van der Waals surface area contributed by atoms with Crippen molar-refractivity contribution in [3.05, 3.63) is 35.2 Å². The highest BCUT2D eigenvalue weighted by Crippen LogP contribution is 2.23. The molecule has 0 saturated carbocycles. The van der Waals surface area contributed by atoms with E-state index >= 15 is 0 Å². The minimum absolute atomic E-state index is 0.0478. The van der Waals surface area contributed by atoms with Crippen molar-refractivity contribution >= 4 is 11.9 Å². The molecule has 128 valence electrons. The van der Waals surface area contributed by atoms with Gasteiger partial charge in [0.2, 0.25) is 0 Å². The number of halogens is 3. The van der Waals surface area contributed by atoms with Gasteiger partial charge < -0.3 is 14.6 Å². The quantitative estimate of drug-likeness (QED) is 0.644. The maximum atomic E-state index is 12.6. The van der Waals surface area contributed by atoms with E-state index in [0.29, 0.717) is 17.0 Å². The van der Waals surface area contributed by atoms with Crippen LogP contribution in [-0.4, -0.2) is 48.1 Å². The van der Waals surface area contributed by atoms with Gasteiger partial charge in [-0.25, -0.2) is 4.79 Å². The molecule has 1 rings (SSSR count). The largest absolute Gasteiger partial charge is 0.465 e. The predicted octanol–water partition coefficient (Wildman–Crippen LogP) is 2.86. The fourth-order valence-electron chi connectivity index (χ4n) is 2.27. The molecule has 1 amide bonds. The maximum absolute atomic E-state index is 12.6. The Morgan fingerprint density at radius 3 is 2.43 bits per heavy atom. The molecule has 5 nitrogen and oxygen atoms in total. The molecule has 0 aliphatic carbocycles. The summed E-state index contributed by atoms with van der Waals surface area (Å²) < 4.78 is 42.5. The van der Waals surface area contributed by atoms with Crippen LogP contribution in [0.1, 0.15) is 39.0 Å². The number of methoxy groups -OCH3 is 1. The molecule has 1 N–H and O–H groups in total. The summed E-state index contributed by atoms with van der Waals surface area (Å²) >= 11 is 0. The van der Waals surface area contributed by atoms with E-state index in [0.717, 1.165) is 0 Å². The Balaban J connectivity index is 3.27. The van der Waals surface area contributed by atoms with E-state index in [4.69, 9.17) is 0 Å². The van der Waals surface area contributed by atoms with Gasteiger partial charge in [0.1, 0.15) is 12.2 Å². The second-order valence-electron chi connectivity index (χ2n) is 4.91. The van der Waals surface area contributed by atoms with Gasteiger partial charge in [-0.1, -0.05) is 13.0 Å². The molecular weight excluding hydrogens is 313 g/mol. The highest BCUT2D eigenvalue weighted by molar-refractivity contribution is 6.00. The Kier molecular flexibility index (Phi) is 6.00. The average Bonchev–Trinajstić information content (AvgIpc) is 2.80. The van der Waals surface area contributed by atoms with Crippen molar-refractivity contribution in [1.82, 2.24) is 9.88 Å². The lowest BCUT2D eigenvalue weighted by Crippen LogP contribution is -2.39. The SMILES string of the molecule is C=CCN(CC(F)(F)F)C(=O)c1[nH]c(CC)c(C(=O)OC)c1C. The van der Waals surface area contributed by atoms with Gasteiger partial charge >= 0.3 is 12.1 Å². The van der Waals surface area contributed by atoms with Crippen LogP contribution in [0.2, 0.25) is 0 Å². The van der Waals surface area contributed by atoms with Crippen LogP contribution in [0, 0.1) is 6.92 Å². The average molecular weight is 332 g/mol. The maximum Gasteiger partial charge on any atom is 0.406 e. The summed E-state index contributed by atoms with van der Waals surface area (Å²) in [7, 11) is 1.20. The number of esters is 1. The van der Waals surface area contributed by atoms with E-state index in [1.807, 2.05) is 0 Å². The molecule has 1 heterocycles. The third-order valence-corrected chi connectivity index (χ3v) is 3.29. The van der Waals surface area contributed by atoms with E-state index in [-0.39, 0.29) is 23.4 Å². The number of ether oxygens (including phenoxy) is 1. The summed E-state index contributed by atoms with van der Waals surface area (Å²) in [6.45, 7) is 4.96. The van der Waals surface area contributed by atoms with Gasteiger partial charge in [0, 0.05) is 12.2 Å². The third kappa shape index (κ3) is 4.37. The zero-order chi connectivity index (χ0) is 17.8. The number of carbonyl (C=O) groups excluding carboxylic acids is 2. The molecule has 1 aromatic rings. The second kappa shape index (κ2) is 7.34. The van der Waals surface area contributed by atoms with Crippen LogP contribution in [0.3, 0.4) is 0 Å². The van der Waals surface area contributed by atoms with Gasteiger partial charge in [-0.05, 0) is 18.9 Å². The normalized spacial score (nSPS) is 11.2. The first-order chi connectivity index (χ1) is 10.7. The number of nitrogens with zero attached hydrogens (tertiary/aromatic N) is 1. The highest BCUT2D eigenvalue weighted by atomic mass is 19.4. The highest BCUT2D eigenvalue weighted by Gasteiger charge is 2.34. The van der Waals surface area contributed by atoms with Crippen molar-refractivity contribution < 1.29 is 27.5 Å². The van der Waals surface area contributed by atoms with Crippen LogP contribution < -0.4 is 0 Å². The Morgan fingerprint density at radius 2 is 2.00 bits per heavy atom. The van der Waals surface area contributed by atoms with E-state index in [2.05, 4.69) is 16.3 Å². The lowest BCUT2D eigenvalue weighted by molar-refractivity contribution is -0.139. The standard InChI is InChI=1S/C15H19F3N2O3/c1-5-7-20(8-15(16,17)18)13(21)12-9(3)11(14(22)23-4)10(6-2)19-12/h5,19H,1,6-8H2,2-4H3. The summed E-state index contributed by atoms with van der Waals surface area (Å²) in [6.07, 6.45) is -2.92. The topological polar surface area (TPSA) is 62.4 Å². The van der Waals surface area contributed by atoms with Gasteiger partial charge in [-0.2, -0.15) is 13.2 Å². The van der Waals surface area contributed by atoms with Crippen LogP contribution in [0.4, 0.5) is 13.2 Å². The van der Waals surface area contributed by atoms with Gasteiger partial charge in [-0.3, -0.25) is 4.79 Å². The van der Waals surface area contributed by atoms with Crippen molar-refractivity contribution in [1.29, 1.82) is 0 Å². The van der Waals surface area contributed by atoms with E-state index in [1.165, 1.54) is 20.1 Å². The first-order valence-corrected chi connectivity index (χ1v) is 6.92. The Bertz CT molecular complexity index is 606. The van der Waals surface area contributed by atoms with Crippen molar-refractivity contribution in [3.63, 3.8) is 0 Å². The van der Waals surface area contributed by atoms with Crippen molar-refractivity contribution in [2.45, 2.75) is 26.4 Å². The molecule has 0 spiro atoms. The van der Waals surface area contributed by atoms with Gasteiger partial charge in [0.15, 0.2) is 0 Å². The van der Waals surface area contributed by atoms with Crippen LogP contribution in [0.5, 0.6) is 0 Å². The minimum Gasteiger partial charge on any atom is -0.465 e. The van der Waals surface area contributed by atoms with Gasteiger partial charge in [0.05, 0.1) is 12.7 Å². The number of amides is 1. The van der Waals surface area contributed by atoms with E-state index < -0.39 is 24.6 Å².